The first kappa shape index (κ1) is 21.0. The van der Waals surface area contributed by atoms with Crippen LogP contribution in [0.3, 0.4) is 0 Å². The van der Waals surface area contributed by atoms with E-state index in [0.717, 1.165) is 0 Å². The summed E-state index contributed by atoms with van der Waals surface area (Å²) in [5.41, 5.74) is 2.35. The fraction of sp³-hybridized carbons (Fsp3) is 0.167. The van der Waals surface area contributed by atoms with E-state index in [-0.39, 0.29) is 0 Å². The number of nitrogens with two attached hydrogens (primary N) is 1. The van der Waals surface area contributed by atoms with Crippen molar-refractivity contribution in [3.63, 3.8) is 0 Å². The largest absolute Gasteiger partial charge is 0.451 e. The second-order valence-corrected chi connectivity index (χ2v) is 6.53. The van der Waals surface area contributed by atoms with Crippen molar-refractivity contribution in [2.45, 2.75) is 12.4 Å². The predicted molar refractivity (Wildman–Crippen MR) is 88.9 cm³/mol. The molecule has 2 N–H and O–H groups in total. The number of pyridine rings is 1. The van der Waals surface area contributed by atoms with Gasteiger partial charge in [-0.3, -0.25) is 0 Å². The van der Waals surface area contributed by atoms with E-state index in [1.54, 1.807) is 0 Å². The van der Waals surface area contributed by atoms with E-state index in [1.807, 2.05) is 0 Å². The molecule has 3 aromatic rings. The molecule has 0 saturated heterocycles. The van der Waals surface area contributed by atoms with Gasteiger partial charge in [-0.15, -0.1) is 5.10 Å². The highest BCUT2D eigenvalue weighted by molar-refractivity contribution is 6.47. The quantitative estimate of drug-likeness (QED) is 0.366. The van der Waals surface area contributed by atoms with Crippen molar-refractivity contribution >= 4 is 63.3 Å². The van der Waals surface area contributed by atoms with Crippen LogP contribution in [0.5, 0.6) is 0 Å². The van der Waals surface area contributed by atoms with Gasteiger partial charge in [-0.2, -0.15) is 26.3 Å². The first-order chi connectivity index (χ1) is 12.7. The van der Waals surface area contributed by atoms with E-state index >= 15 is 0 Å². The Balaban J connectivity index is 2.46. The Morgan fingerprint density at radius 1 is 0.786 bits per heavy atom. The molecule has 6 nitrogen and oxygen atoms in total. The van der Waals surface area contributed by atoms with Crippen molar-refractivity contribution in [3.05, 3.63) is 31.9 Å². The summed E-state index contributed by atoms with van der Waals surface area (Å²) in [6.45, 7) is 0. The van der Waals surface area contributed by atoms with Crippen LogP contribution < -0.4 is 5.73 Å². The molecular formula is C12H2Cl4F6N6. The Labute approximate surface area is 170 Å². The number of hydrogen-bond acceptors (Lipinski definition) is 5. The second-order valence-electron chi connectivity index (χ2n) is 5.06. The van der Waals surface area contributed by atoms with E-state index in [9.17, 15) is 26.3 Å². The lowest BCUT2D eigenvalue weighted by atomic mass is 10.2. The summed E-state index contributed by atoms with van der Waals surface area (Å²) in [6.07, 6.45) is -10.6. The molecule has 0 saturated carbocycles. The lowest BCUT2D eigenvalue weighted by molar-refractivity contribution is -0.151. The second kappa shape index (κ2) is 6.65. The van der Waals surface area contributed by atoms with Crippen molar-refractivity contribution in [1.29, 1.82) is 0 Å². The van der Waals surface area contributed by atoms with Crippen molar-refractivity contribution in [2.75, 3.05) is 5.73 Å². The van der Waals surface area contributed by atoms with Crippen LogP contribution in [0.1, 0.15) is 11.5 Å². The number of anilines is 1. The Morgan fingerprint density at radius 2 is 1.32 bits per heavy atom. The zero-order valence-electron chi connectivity index (χ0n) is 12.6. The maximum absolute atomic E-state index is 13.3. The van der Waals surface area contributed by atoms with E-state index in [0.29, 0.717) is 4.68 Å². The number of halogens is 10. The first-order valence-electron chi connectivity index (χ1n) is 6.64. The van der Waals surface area contributed by atoms with Crippen LogP contribution in [0.2, 0.25) is 20.4 Å². The molecule has 16 heteroatoms. The zero-order valence-corrected chi connectivity index (χ0v) is 15.6. The summed E-state index contributed by atoms with van der Waals surface area (Å²) < 4.78 is 79.2. The minimum absolute atomic E-state index is 0.398. The summed E-state index contributed by atoms with van der Waals surface area (Å²) in [7, 11) is 0. The number of nitrogens with zero attached hydrogens (tertiary/aromatic N) is 5. The van der Waals surface area contributed by atoms with Gasteiger partial charge in [-0.25, -0.2) is 19.6 Å². The topological polar surface area (TPSA) is 82.5 Å². The molecular weight excluding hydrogens is 484 g/mol. The van der Waals surface area contributed by atoms with Gasteiger partial charge >= 0.3 is 12.4 Å². The van der Waals surface area contributed by atoms with E-state index < -0.39 is 66.8 Å². The summed E-state index contributed by atoms with van der Waals surface area (Å²) in [5.74, 6) is -2.85. The van der Waals surface area contributed by atoms with E-state index in [4.69, 9.17) is 52.1 Å². The number of nitrogen functional groups attached to an aromatic ring is 1. The van der Waals surface area contributed by atoms with Crippen LogP contribution >= 0.6 is 46.4 Å². The van der Waals surface area contributed by atoms with Gasteiger partial charge in [-0.05, 0) is 0 Å². The highest BCUT2D eigenvalue weighted by atomic mass is 35.5. The average molecular weight is 486 g/mol. The van der Waals surface area contributed by atoms with Crippen LogP contribution in [0.4, 0.5) is 32.2 Å². The van der Waals surface area contributed by atoms with Gasteiger partial charge in [-0.1, -0.05) is 46.4 Å². The minimum Gasteiger partial charge on any atom is -0.383 e. The smallest absolute Gasteiger partial charge is 0.383 e. The molecule has 3 rings (SSSR count). The third kappa shape index (κ3) is 3.38. The fourth-order valence-corrected chi connectivity index (χ4v) is 3.05. The summed E-state index contributed by atoms with van der Waals surface area (Å²) in [4.78, 5) is 9.16. The van der Waals surface area contributed by atoms with Gasteiger partial charge in [0.25, 0.3) is 0 Å². The molecule has 0 aliphatic rings. The van der Waals surface area contributed by atoms with E-state index in [2.05, 4.69) is 20.1 Å². The van der Waals surface area contributed by atoms with Gasteiger partial charge < -0.3 is 5.73 Å². The van der Waals surface area contributed by atoms with Crippen LogP contribution in [0.15, 0.2) is 0 Å². The van der Waals surface area contributed by atoms with Gasteiger partial charge in [0.1, 0.15) is 21.6 Å². The summed E-state index contributed by atoms with van der Waals surface area (Å²) in [6, 6.07) is 0. The first-order valence-corrected chi connectivity index (χ1v) is 8.15. The standard InChI is InChI=1S/C12H2Cl4F6N6/c13-2-4(3(14)7(16)25-6(2)15)28-8(23)1-5(11(17,18)19)24-10(12(20,21)22)26-9(1)27-28/h23H2. The molecule has 28 heavy (non-hydrogen) atoms. The number of aromatic nitrogens is 5. The molecule has 0 unspecified atom stereocenters. The maximum Gasteiger partial charge on any atom is 0.451 e. The van der Waals surface area contributed by atoms with Crippen LogP contribution in [-0.4, -0.2) is 24.7 Å². The van der Waals surface area contributed by atoms with Crippen LogP contribution in [0.25, 0.3) is 16.7 Å². The normalized spacial score (nSPS) is 12.8. The molecule has 0 spiro atoms. The van der Waals surface area contributed by atoms with Crippen molar-refractivity contribution in [1.82, 2.24) is 24.7 Å². The lowest BCUT2D eigenvalue weighted by Gasteiger charge is -2.11. The Bertz CT molecular complexity index is 1080. The fourth-order valence-electron chi connectivity index (χ4n) is 2.18. The molecule has 0 radical (unpaired) electrons. The van der Waals surface area contributed by atoms with Crippen molar-refractivity contribution in [2.24, 2.45) is 0 Å². The van der Waals surface area contributed by atoms with Gasteiger partial charge in [0.2, 0.25) is 5.82 Å². The molecule has 0 aromatic carbocycles. The molecule has 0 aliphatic heterocycles. The van der Waals surface area contributed by atoms with Crippen LogP contribution in [-0.2, 0) is 12.4 Å². The molecule has 3 aromatic heterocycles. The minimum atomic E-state index is -5.30. The number of fused-ring (bicyclic) bond motifs is 1. The summed E-state index contributed by atoms with van der Waals surface area (Å²) >= 11 is 23.4. The van der Waals surface area contributed by atoms with Crippen molar-refractivity contribution < 1.29 is 26.3 Å². The Morgan fingerprint density at radius 3 is 1.79 bits per heavy atom. The predicted octanol–water partition coefficient (Wildman–Crippen LogP) is 5.44. The number of alkyl halides is 6. The van der Waals surface area contributed by atoms with E-state index in [1.165, 1.54) is 0 Å². The summed E-state index contributed by atoms with van der Waals surface area (Å²) in [5, 5.41) is 0.954. The SMILES string of the molecule is Nc1c2c(C(F)(F)F)nc(C(F)(F)F)nc2nn1-c1c(Cl)c(Cl)nc(Cl)c1Cl. The number of hydrogen-bond donors (Lipinski definition) is 1. The third-order valence-electron chi connectivity index (χ3n) is 3.28. The highest BCUT2D eigenvalue weighted by Crippen LogP contribution is 2.42. The molecule has 0 aliphatic carbocycles. The number of rotatable bonds is 1. The maximum atomic E-state index is 13.3. The molecule has 0 amide bonds. The molecule has 3 heterocycles. The molecule has 0 bridgehead atoms. The highest BCUT2D eigenvalue weighted by Gasteiger charge is 2.43. The third-order valence-corrected chi connectivity index (χ3v) is 4.73. The van der Waals surface area contributed by atoms with Gasteiger partial charge in [0.15, 0.2) is 21.6 Å². The van der Waals surface area contributed by atoms with Gasteiger partial charge in [0, 0.05) is 0 Å². The molecule has 0 fully saturated rings. The average Bonchev–Trinajstić information content (AvgIpc) is 2.88. The van der Waals surface area contributed by atoms with Gasteiger partial charge in [0.05, 0.1) is 5.39 Å². The zero-order chi connectivity index (χ0) is 21.2. The van der Waals surface area contributed by atoms with Crippen molar-refractivity contribution in [3.8, 4) is 5.69 Å². The Kier molecular flexibility index (Phi) is 4.97. The molecule has 150 valence electrons. The monoisotopic (exact) mass is 484 g/mol. The Hall–Kier alpha value is -1.76. The lowest BCUT2D eigenvalue weighted by Crippen LogP contribution is -2.17. The molecule has 0 atom stereocenters. The van der Waals surface area contributed by atoms with Crippen LogP contribution in [0, 0.1) is 0 Å².